The van der Waals surface area contributed by atoms with Gasteiger partial charge in [0.25, 0.3) is 5.91 Å². The molecule has 0 radical (unpaired) electrons. The molecule has 0 saturated heterocycles. The highest BCUT2D eigenvalue weighted by molar-refractivity contribution is 7.15. The number of H-pyrrole nitrogens is 1. The molecule has 1 aliphatic carbocycles. The van der Waals surface area contributed by atoms with E-state index in [9.17, 15) is 4.79 Å². The molecule has 1 atom stereocenters. The molecular formula is C25H25N7O2S. The third kappa shape index (κ3) is 4.38. The first-order valence-corrected chi connectivity index (χ1v) is 12.5. The molecule has 0 saturated carbocycles. The molecule has 6 rings (SSSR count). The number of aromatic amines is 1. The van der Waals surface area contributed by atoms with Crippen molar-refractivity contribution < 1.29 is 9.53 Å². The van der Waals surface area contributed by atoms with Crippen LogP contribution in [-0.4, -0.2) is 38.7 Å². The second kappa shape index (κ2) is 9.12. The molecule has 9 nitrogen and oxygen atoms in total. The smallest absolute Gasteiger partial charge is 0.257 e. The highest BCUT2D eigenvalue weighted by Crippen LogP contribution is 2.39. The van der Waals surface area contributed by atoms with Gasteiger partial charge in [-0.1, -0.05) is 12.1 Å². The average molecular weight is 488 g/mol. The number of anilines is 2. The topological polar surface area (TPSA) is 131 Å². The Hall–Kier alpha value is -3.76. The molecule has 1 aliphatic heterocycles. The molecule has 1 unspecified atom stereocenters. The predicted octanol–water partition coefficient (Wildman–Crippen LogP) is 3.54. The van der Waals surface area contributed by atoms with Crippen molar-refractivity contribution in [2.24, 2.45) is 5.73 Å². The molecule has 10 heteroatoms. The summed E-state index contributed by atoms with van der Waals surface area (Å²) in [5.74, 6) is 1.48. The van der Waals surface area contributed by atoms with E-state index in [1.54, 1.807) is 6.20 Å². The fourth-order valence-electron chi connectivity index (χ4n) is 4.58. The van der Waals surface area contributed by atoms with Crippen LogP contribution in [0.25, 0.3) is 11.1 Å². The summed E-state index contributed by atoms with van der Waals surface area (Å²) >= 11 is 1.52. The van der Waals surface area contributed by atoms with Gasteiger partial charge in [0.2, 0.25) is 0 Å². The van der Waals surface area contributed by atoms with Crippen molar-refractivity contribution in [2.45, 2.75) is 38.3 Å². The van der Waals surface area contributed by atoms with E-state index >= 15 is 0 Å². The molecule has 0 spiro atoms. The summed E-state index contributed by atoms with van der Waals surface area (Å²) in [4.78, 5) is 23.3. The maximum atomic E-state index is 12.9. The number of ether oxygens (including phenoxy) is 1. The maximum Gasteiger partial charge on any atom is 0.257 e. The largest absolute Gasteiger partial charge is 0.492 e. The summed E-state index contributed by atoms with van der Waals surface area (Å²) in [6.45, 7) is 1.16. The van der Waals surface area contributed by atoms with Gasteiger partial charge >= 0.3 is 0 Å². The molecule has 4 heterocycles. The second-order valence-corrected chi connectivity index (χ2v) is 9.90. The number of aromatic nitrogens is 4. The molecule has 178 valence electrons. The van der Waals surface area contributed by atoms with Crippen LogP contribution in [0.5, 0.6) is 5.75 Å². The molecule has 0 bridgehead atoms. The van der Waals surface area contributed by atoms with Gasteiger partial charge in [0, 0.05) is 58.5 Å². The molecule has 0 fully saturated rings. The van der Waals surface area contributed by atoms with Crippen LogP contribution < -0.4 is 21.1 Å². The highest BCUT2D eigenvalue weighted by Gasteiger charge is 2.23. The van der Waals surface area contributed by atoms with Gasteiger partial charge in [-0.3, -0.25) is 15.2 Å². The van der Waals surface area contributed by atoms with Crippen molar-refractivity contribution >= 4 is 28.2 Å². The number of thiazole rings is 1. The first kappa shape index (κ1) is 21.8. The van der Waals surface area contributed by atoms with E-state index in [-0.39, 0.29) is 11.9 Å². The standard InChI is InChI=1S/C25H25N7O2S/c26-17-4-5-20-21(9-17)35-25(31-20)32-24(33)15-3-1-2-14(8-15)10-27-23-18-6-7-34-22(18)19(13-28-23)16-11-29-30-12-16/h1-3,8,11-13,17H,4-7,9-10,26H2,(H,27,28)(H,29,30)(H,31,32,33). The number of fused-ring (bicyclic) bond motifs is 2. The van der Waals surface area contributed by atoms with Gasteiger partial charge in [0.1, 0.15) is 11.6 Å². The Morgan fingerprint density at radius 1 is 1.29 bits per heavy atom. The highest BCUT2D eigenvalue weighted by atomic mass is 32.1. The Morgan fingerprint density at radius 3 is 3.11 bits per heavy atom. The zero-order valence-corrected chi connectivity index (χ0v) is 19.8. The van der Waals surface area contributed by atoms with E-state index < -0.39 is 0 Å². The molecule has 2 aliphatic rings. The minimum atomic E-state index is -0.167. The number of nitrogens with zero attached hydrogens (tertiary/aromatic N) is 3. The van der Waals surface area contributed by atoms with Crippen molar-refractivity contribution in [2.75, 3.05) is 17.2 Å². The van der Waals surface area contributed by atoms with E-state index in [1.807, 2.05) is 36.7 Å². The number of carbonyl (C=O) groups is 1. The Morgan fingerprint density at radius 2 is 2.23 bits per heavy atom. The molecule has 5 N–H and O–H groups in total. The minimum absolute atomic E-state index is 0.167. The predicted molar refractivity (Wildman–Crippen MR) is 135 cm³/mol. The number of hydrogen-bond donors (Lipinski definition) is 4. The normalized spacial score (nSPS) is 16.3. The number of nitrogens with one attached hydrogen (secondary N) is 3. The van der Waals surface area contributed by atoms with Crippen LogP contribution in [0.3, 0.4) is 0 Å². The van der Waals surface area contributed by atoms with Gasteiger partial charge in [-0.25, -0.2) is 9.97 Å². The molecular weight excluding hydrogens is 462 g/mol. The molecule has 35 heavy (non-hydrogen) atoms. The molecule has 3 aromatic heterocycles. The van der Waals surface area contributed by atoms with Crippen molar-refractivity contribution in [3.63, 3.8) is 0 Å². The van der Waals surface area contributed by atoms with Crippen molar-refractivity contribution in [3.05, 3.63) is 70.1 Å². The number of hydrogen-bond acceptors (Lipinski definition) is 8. The summed E-state index contributed by atoms with van der Waals surface area (Å²) in [7, 11) is 0. The molecule has 1 amide bonds. The summed E-state index contributed by atoms with van der Waals surface area (Å²) in [5.41, 5.74) is 11.6. The lowest BCUT2D eigenvalue weighted by Crippen LogP contribution is -2.27. The summed E-state index contributed by atoms with van der Waals surface area (Å²) in [5, 5.41) is 13.9. The van der Waals surface area contributed by atoms with E-state index in [1.165, 1.54) is 16.2 Å². The van der Waals surface area contributed by atoms with Crippen LogP contribution in [0.1, 0.15) is 38.5 Å². The fraction of sp³-hybridized carbons (Fsp3) is 0.280. The summed E-state index contributed by atoms with van der Waals surface area (Å²) in [6.07, 6.45) is 8.83. The van der Waals surface area contributed by atoms with Crippen molar-refractivity contribution in [1.82, 2.24) is 20.2 Å². The number of amides is 1. The Labute approximate surface area is 206 Å². The lowest BCUT2D eigenvalue weighted by Gasteiger charge is -2.15. The van der Waals surface area contributed by atoms with Gasteiger partial charge < -0.3 is 15.8 Å². The third-order valence-electron chi connectivity index (χ3n) is 6.38. The van der Waals surface area contributed by atoms with E-state index in [0.29, 0.717) is 23.8 Å². The number of pyridine rings is 1. The number of nitrogens with two attached hydrogens (primary N) is 1. The van der Waals surface area contributed by atoms with Gasteiger partial charge in [0.15, 0.2) is 5.13 Å². The Bertz CT molecular complexity index is 1380. The maximum absolute atomic E-state index is 12.9. The van der Waals surface area contributed by atoms with E-state index in [2.05, 4.69) is 30.8 Å². The minimum Gasteiger partial charge on any atom is -0.492 e. The van der Waals surface area contributed by atoms with Gasteiger partial charge in [-0.05, 0) is 37.0 Å². The van der Waals surface area contributed by atoms with E-state index in [0.717, 1.165) is 65.2 Å². The van der Waals surface area contributed by atoms with Gasteiger partial charge in [0.05, 0.1) is 18.5 Å². The average Bonchev–Trinajstić information content (AvgIpc) is 3.63. The van der Waals surface area contributed by atoms with Crippen LogP contribution in [0.15, 0.2) is 42.9 Å². The number of carbonyl (C=O) groups excluding carboxylic acids is 1. The van der Waals surface area contributed by atoms with Crippen molar-refractivity contribution in [1.29, 1.82) is 0 Å². The lowest BCUT2D eigenvalue weighted by atomic mass is 9.99. The Balaban J connectivity index is 1.15. The second-order valence-electron chi connectivity index (χ2n) is 8.81. The first-order valence-electron chi connectivity index (χ1n) is 11.7. The lowest BCUT2D eigenvalue weighted by molar-refractivity contribution is 0.102. The van der Waals surface area contributed by atoms with Crippen LogP contribution in [-0.2, 0) is 25.8 Å². The van der Waals surface area contributed by atoms with Crippen LogP contribution in [0.2, 0.25) is 0 Å². The zero-order chi connectivity index (χ0) is 23.8. The Kier molecular flexibility index (Phi) is 5.67. The van der Waals surface area contributed by atoms with E-state index in [4.69, 9.17) is 10.5 Å². The number of aryl methyl sites for hydroxylation is 1. The monoisotopic (exact) mass is 487 g/mol. The van der Waals surface area contributed by atoms with Crippen LogP contribution in [0.4, 0.5) is 10.9 Å². The quantitative estimate of drug-likeness (QED) is 0.327. The number of rotatable bonds is 6. The van der Waals surface area contributed by atoms with Gasteiger partial charge in [-0.2, -0.15) is 5.10 Å². The molecule has 4 aromatic rings. The van der Waals surface area contributed by atoms with Crippen LogP contribution >= 0.6 is 11.3 Å². The van der Waals surface area contributed by atoms with Gasteiger partial charge in [-0.15, -0.1) is 11.3 Å². The first-order chi connectivity index (χ1) is 17.1. The fourth-order valence-corrected chi connectivity index (χ4v) is 5.67. The summed E-state index contributed by atoms with van der Waals surface area (Å²) in [6, 6.07) is 7.76. The van der Waals surface area contributed by atoms with Crippen molar-refractivity contribution in [3.8, 4) is 16.9 Å². The SMILES string of the molecule is NC1CCc2nc(NC(=O)c3cccc(CNc4ncc(-c5cn[nH]c5)c5c4CCO5)c3)sc2C1. The number of benzene rings is 1. The molecule has 1 aromatic carbocycles. The zero-order valence-electron chi connectivity index (χ0n) is 19.0. The third-order valence-corrected chi connectivity index (χ3v) is 7.42. The summed E-state index contributed by atoms with van der Waals surface area (Å²) < 4.78 is 5.90. The van der Waals surface area contributed by atoms with Crippen LogP contribution in [0, 0.1) is 0 Å².